The Balaban J connectivity index is 1.86. The standard InChI is InChI=1S/C9H14F2N2O/c1-8(10,11)4-5-13-6-12-9(2-3-9)7(13)14/h12H,2-6H2,1H3. The van der Waals surface area contributed by atoms with Crippen LogP contribution < -0.4 is 5.32 Å². The number of nitrogens with one attached hydrogen (secondary N) is 1. The smallest absolute Gasteiger partial charge is 0.247 e. The van der Waals surface area contributed by atoms with E-state index in [0.29, 0.717) is 6.67 Å². The van der Waals surface area contributed by atoms with Crippen molar-refractivity contribution in [3.63, 3.8) is 0 Å². The third-order valence-corrected chi connectivity index (χ3v) is 2.88. The molecule has 14 heavy (non-hydrogen) atoms. The molecule has 5 heteroatoms. The van der Waals surface area contributed by atoms with Gasteiger partial charge in [-0.05, 0) is 19.8 Å². The van der Waals surface area contributed by atoms with Gasteiger partial charge in [0.15, 0.2) is 0 Å². The Hall–Kier alpha value is -0.710. The summed E-state index contributed by atoms with van der Waals surface area (Å²) in [5, 5.41) is 3.07. The van der Waals surface area contributed by atoms with Gasteiger partial charge in [0.1, 0.15) is 0 Å². The molecule has 1 saturated heterocycles. The molecule has 2 rings (SSSR count). The first kappa shape index (κ1) is 9.83. The zero-order chi connectivity index (χ0) is 10.4. The Labute approximate surface area is 81.4 Å². The van der Waals surface area contributed by atoms with Crippen molar-refractivity contribution >= 4 is 5.91 Å². The molecular weight excluding hydrogens is 190 g/mol. The molecule has 0 unspecified atom stereocenters. The average Bonchev–Trinajstić information content (AvgIpc) is 2.76. The second-order valence-corrected chi connectivity index (χ2v) is 4.31. The Morgan fingerprint density at radius 1 is 1.57 bits per heavy atom. The number of halogens is 2. The first-order valence-electron chi connectivity index (χ1n) is 4.85. The largest absolute Gasteiger partial charge is 0.328 e. The van der Waals surface area contributed by atoms with Gasteiger partial charge >= 0.3 is 0 Å². The summed E-state index contributed by atoms with van der Waals surface area (Å²) in [6.07, 6.45) is 1.45. The van der Waals surface area contributed by atoms with Crippen LogP contribution in [0.2, 0.25) is 0 Å². The summed E-state index contributed by atoms with van der Waals surface area (Å²) in [6.45, 7) is 1.46. The van der Waals surface area contributed by atoms with Crippen LogP contribution in [0.4, 0.5) is 8.78 Å². The van der Waals surface area contributed by atoms with Crippen LogP contribution in [0.5, 0.6) is 0 Å². The van der Waals surface area contributed by atoms with Crippen LogP contribution in [0, 0.1) is 0 Å². The van der Waals surface area contributed by atoms with E-state index in [1.54, 1.807) is 0 Å². The number of hydrogen-bond acceptors (Lipinski definition) is 2. The molecule has 1 saturated carbocycles. The number of carbonyl (C=O) groups is 1. The van der Waals surface area contributed by atoms with E-state index in [1.165, 1.54) is 4.90 Å². The van der Waals surface area contributed by atoms with Crippen LogP contribution in [0.15, 0.2) is 0 Å². The summed E-state index contributed by atoms with van der Waals surface area (Å²) in [6, 6.07) is 0. The molecule has 1 N–H and O–H groups in total. The lowest BCUT2D eigenvalue weighted by Crippen LogP contribution is -2.34. The second kappa shape index (κ2) is 2.89. The topological polar surface area (TPSA) is 32.3 Å². The highest BCUT2D eigenvalue weighted by Gasteiger charge is 2.55. The summed E-state index contributed by atoms with van der Waals surface area (Å²) in [5.41, 5.74) is -0.358. The number of carbonyl (C=O) groups excluding carboxylic acids is 1. The fourth-order valence-corrected chi connectivity index (χ4v) is 1.72. The fourth-order valence-electron chi connectivity index (χ4n) is 1.72. The van der Waals surface area contributed by atoms with Gasteiger partial charge in [0.05, 0.1) is 12.2 Å². The van der Waals surface area contributed by atoms with Crippen LogP contribution in [0.25, 0.3) is 0 Å². The van der Waals surface area contributed by atoms with E-state index >= 15 is 0 Å². The van der Waals surface area contributed by atoms with Gasteiger partial charge < -0.3 is 4.90 Å². The zero-order valence-corrected chi connectivity index (χ0v) is 8.15. The summed E-state index contributed by atoms with van der Waals surface area (Å²) >= 11 is 0. The molecule has 1 amide bonds. The van der Waals surface area contributed by atoms with Gasteiger partial charge in [0.25, 0.3) is 0 Å². The molecule has 0 aromatic carbocycles. The van der Waals surface area contributed by atoms with Crippen LogP contribution in [0.3, 0.4) is 0 Å². The van der Waals surface area contributed by atoms with E-state index in [-0.39, 0.29) is 24.4 Å². The predicted molar refractivity (Wildman–Crippen MR) is 46.9 cm³/mol. The number of hydrogen-bond donors (Lipinski definition) is 1. The number of nitrogens with zero attached hydrogens (tertiary/aromatic N) is 1. The highest BCUT2D eigenvalue weighted by molar-refractivity contribution is 5.91. The van der Waals surface area contributed by atoms with Gasteiger partial charge in [0.2, 0.25) is 11.8 Å². The van der Waals surface area contributed by atoms with Crippen molar-refractivity contribution in [2.75, 3.05) is 13.2 Å². The highest BCUT2D eigenvalue weighted by atomic mass is 19.3. The fraction of sp³-hybridized carbons (Fsp3) is 0.889. The van der Waals surface area contributed by atoms with Crippen LogP contribution in [-0.4, -0.2) is 35.5 Å². The Morgan fingerprint density at radius 2 is 2.21 bits per heavy atom. The Kier molecular flexibility index (Phi) is 2.03. The summed E-state index contributed by atoms with van der Waals surface area (Å²) in [5.74, 6) is -2.68. The molecule has 1 spiro atoms. The molecule has 1 heterocycles. The van der Waals surface area contributed by atoms with Crippen LogP contribution in [-0.2, 0) is 4.79 Å². The van der Waals surface area contributed by atoms with Gasteiger partial charge in [-0.15, -0.1) is 0 Å². The van der Waals surface area contributed by atoms with Gasteiger partial charge in [-0.2, -0.15) is 0 Å². The number of amides is 1. The maximum absolute atomic E-state index is 12.6. The van der Waals surface area contributed by atoms with Crippen molar-refractivity contribution in [3.05, 3.63) is 0 Å². The lowest BCUT2D eigenvalue weighted by molar-refractivity contribution is -0.130. The van der Waals surface area contributed by atoms with E-state index < -0.39 is 5.92 Å². The second-order valence-electron chi connectivity index (χ2n) is 4.31. The van der Waals surface area contributed by atoms with Crippen molar-refractivity contribution in [1.82, 2.24) is 10.2 Å². The minimum absolute atomic E-state index is 0.00162. The maximum atomic E-state index is 12.6. The van der Waals surface area contributed by atoms with Crippen molar-refractivity contribution < 1.29 is 13.6 Å². The molecule has 0 radical (unpaired) electrons. The van der Waals surface area contributed by atoms with E-state index in [0.717, 1.165) is 19.8 Å². The van der Waals surface area contributed by atoms with Gasteiger partial charge in [-0.1, -0.05) is 0 Å². The Bertz CT molecular complexity index is 258. The third kappa shape index (κ3) is 1.73. The first-order valence-corrected chi connectivity index (χ1v) is 4.85. The number of alkyl halides is 2. The van der Waals surface area contributed by atoms with Crippen molar-refractivity contribution in [1.29, 1.82) is 0 Å². The summed E-state index contributed by atoms with van der Waals surface area (Å²) < 4.78 is 25.1. The molecule has 0 aromatic rings. The van der Waals surface area contributed by atoms with Crippen LogP contribution in [0.1, 0.15) is 26.2 Å². The summed E-state index contributed by atoms with van der Waals surface area (Å²) in [4.78, 5) is 13.1. The van der Waals surface area contributed by atoms with Gasteiger partial charge in [-0.25, -0.2) is 8.78 Å². The minimum atomic E-state index is -2.68. The highest BCUT2D eigenvalue weighted by Crippen LogP contribution is 2.40. The minimum Gasteiger partial charge on any atom is -0.328 e. The molecule has 0 aromatic heterocycles. The van der Waals surface area contributed by atoms with Gasteiger partial charge in [0, 0.05) is 13.0 Å². The van der Waals surface area contributed by atoms with Crippen LogP contribution >= 0.6 is 0 Å². The van der Waals surface area contributed by atoms with Crippen molar-refractivity contribution in [2.45, 2.75) is 37.6 Å². The predicted octanol–water partition coefficient (Wildman–Crippen LogP) is 0.954. The van der Waals surface area contributed by atoms with Gasteiger partial charge in [-0.3, -0.25) is 10.1 Å². The van der Waals surface area contributed by atoms with E-state index in [4.69, 9.17) is 0 Å². The molecule has 80 valence electrons. The Morgan fingerprint density at radius 3 is 2.64 bits per heavy atom. The molecule has 1 aliphatic heterocycles. The molecule has 0 atom stereocenters. The third-order valence-electron chi connectivity index (χ3n) is 2.88. The first-order chi connectivity index (χ1) is 6.43. The maximum Gasteiger partial charge on any atom is 0.247 e. The lowest BCUT2D eigenvalue weighted by atomic mass is 10.2. The molecular formula is C9H14F2N2O. The monoisotopic (exact) mass is 204 g/mol. The molecule has 2 fully saturated rings. The SMILES string of the molecule is CC(F)(F)CCN1CNC2(CC2)C1=O. The van der Waals surface area contributed by atoms with E-state index in [9.17, 15) is 13.6 Å². The van der Waals surface area contributed by atoms with Crippen molar-refractivity contribution in [3.8, 4) is 0 Å². The average molecular weight is 204 g/mol. The normalized spacial score (nSPS) is 24.8. The van der Waals surface area contributed by atoms with Crippen molar-refractivity contribution in [2.24, 2.45) is 0 Å². The number of rotatable bonds is 3. The van der Waals surface area contributed by atoms with E-state index in [1.807, 2.05) is 0 Å². The summed E-state index contributed by atoms with van der Waals surface area (Å²) in [7, 11) is 0. The zero-order valence-electron chi connectivity index (χ0n) is 8.15. The molecule has 0 bridgehead atoms. The quantitative estimate of drug-likeness (QED) is 0.742. The molecule has 2 aliphatic rings. The molecule has 3 nitrogen and oxygen atoms in total. The molecule has 1 aliphatic carbocycles. The van der Waals surface area contributed by atoms with E-state index in [2.05, 4.69) is 5.32 Å². The lowest BCUT2D eigenvalue weighted by Gasteiger charge is -2.17.